The van der Waals surface area contributed by atoms with E-state index >= 15 is 0 Å². The van der Waals surface area contributed by atoms with Crippen LogP contribution in [0.15, 0.2) is 29.8 Å². The molecule has 0 aliphatic heterocycles. The number of carbonyl (C=O) groups is 1. The van der Waals surface area contributed by atoms with Crippen LogP contribution in [0.4, 0.5) is 5.69 Å². The predicted octanol–water partition coefficient (Wildman–Crippen LogP) is 2.27. The van der Waals surface area contributed by atoms with E-state index in [9.17, 15) is 4.79 Å². The Balaban J connectivity index is 2.69. The van der Waals surface area contributed by atoms with Crippen LogP contribution in [0.5, 0.6) is 0 Å². The summed E-state index contributed by atoms with van der Waals surface area (Å²) in [5.41, 5.74) is 9.09. The predicted molar refractivity (Wildman–Crippen MR) is 67.4 cm³/mol. The van der Waals surface area contributed by atoms with E-state index < -0.39 is 0 Å². The van der Waals surface area contributed by atoms with Gasteiger partial charge in [-0.2, -0.15) is 0 Å². The van der Waals surface area contributed by atoms with Crippen molar-refractivity contribution in [2.24, 2.45) is 0 Å². The molecule has 0 saturated carbocycles. The zero-order valence-corrected chi connectivity index (χ0v) is 10.0. The number of hydrogen-bond donors (Lipinski definition) is 2. The molecule has 16 heavy (non-hydrogen) atoms. The van der Waals surface area contributed by atoms with Crippen LogP contribution in [0.2, 0.25) is 0 Å². The number of anilines is 1. The largest absolute Gasteiger partial charge is 0.399 e. The highest BCUT2D eigenvalue weighted by atomic mass is 16.1. The summed E-state index contributed by atoms with van der Waals surface area (Å²) in [6.45, 7) is 6.46. The van der Waals surface area contributed by atoms with E-state index in [4.69, 9.17) is 5.73 Å². The van der Waals surface area contributed by atoms with Gasteiger partial charge in [0.25, 0.3) is 5.91 Å². The van der Waals surface area contributed by atoms with Gasteiger partial charge in [0, 0.05) is 17.8 Å². The molecular formula is C13H18N2O. The molecule has 0 aliphatic carbocycles. The lowest BCUT2D eigenvalue weighted by atomic mass is 10.1. The van der Waals surface area contributed by atoms with E-state index in [1.165, 1.54) is 5.57 Å². The molecule has 1 aromatic rings. The minimum absolute atomic E-state index is 0.0899. The Morgan fingerprint density at radius 2 is 2.06 bits per heavy atom. The molecule has 0 saturated heterocycles. The second-order valence-corrected chi connectivity index (χ2v) is 4.12. The lowest BCUT2D eigenvalue weighted by Crippen LogP contribution is -2.23. The molecule has 0 bridgehead atoms. The van der Waals surface area contributed by atoms with Crippen molar-refractivity contribution in [3.05, 3.63) is 41.0 Å². The third kappa shape index (κ3) is 3.77. The summed E-state index contributed by atoms with van der Waals surface area (Å²) < 4.78 is 0. The topological polar surface area (TPSA) is 55.1 Å². The van der Waals surface area contributed by atoms with E-state index in [0.717, 1.165) is 5.56 Å². The Hall–Kier alpha value is -1.77. The third-order valence-corrected chi connectivity index (χ3v) is 2.13. The summed E-state index contributed by atoms with van der Waals surface area (Å²) in [6.07, 6.45) is 1.97. The summed E-state index contributed by atoms with van der Waals surface area (Å²) in [5, 5.41) is 2.81. The number of nitrogens with one attached hydrogen (secondary N) is 1. The molecule has 0 heterocycles. The molecule has 3 nitrogen and oxygen atoms in total. The van der Waals surface area contributed by atoms with E-state index in [0.29, 0.717) is 17.8 Å². The van der Waals surface area contributed by atoms with E-state index in [-0.39, 0.29) is 5.91 Å². The molecule has 86 valence electrons. The van der Waals surface area contributed by atoms with Gasteiger partial charge < -0.3 is 11.1 Å². The SMILES string of the molecule is CC(C)=CCNC(=O)c1cc(C)cc(N)c1. The van der Waals surface area contributed by atoms with Crippen molar-refractivity contribution in [1.29, 1.82) is 0 Å². The van der Waals surface area contributed by atoms with Crippen LogP contribution < -0.4 is 11.1 Å². The lowest BCUT2D eigenvalue weighted by molar-refractivity contribution is 0.0958. The Labute approximate surface area is 96.3 Å². The molecule has 0 unspecified atom stereocenters. The van der Waals surface area contributed by atoms with Crippen LogP contribution in [-0.4, -0.2) is 12.5 Å². The highest BCUT2D eigenvalue weighted by Crippen LogP contribution is 2.10. The van der Waals surface area contributed by atoms with Crippen molar-refractivity contribution in [2.45, 2.75) is 20.8 Å². The van der Waals surface area contributed by atoms with Crippen molar-refractivity contribution in [3.8, 4) is 0 Å². The number of amides is 1. The molecule has 0 aliphatic rings. The first kappa shape index (κ1) is 12.3. The van der Waals surface area contributed by atoms with E-state index in [1.54, 1.807) is 6.07 Å². The fourth-order valence-electron chi connectivity index (χ4n) is 1.39. The maximum absolute atomic E-state index is 11.7. The summed E-state index contributed by atoms with van der Waals surface area (Å²) in [4.78, 5) is 11.7. The van der Waals surface area contributed by atoms with Crippen LogP contribution in [0, 0.1) is 6.92 Å². The zero-order valence-electron chi connectivity index (χ0n) is 10.0. The molecule has 0 fully saturated rings. The van der Waals surface area contributed by atoms with Gasteiger partial charge in [-0.1, -0.05) is 11.6 Å². The van der Waals surface area contributed by atoms with Crippen molar-refractivity contribution >= 4 is 11.6 Å². The van der Waals surface area contributed by atoms with Crippen LogP contribution >= 0.6 is 0 Å². The number of carbonyl (C=O) groups excluding carboxylic acids is 1. The molecule has 0 aromatic heterocycles. The molecule has 1 aromatic carbocycles. The number of nitrogen functional groups attached to an aromatic ring is 1. The molecule has 3 N–H and O–H groups in total. The molecular weight excluding hydrogens is 200 g/mol. The maximum atomic E-state index is 11.7. The molecule has 1 rings (SSSR count). The maximum Gasteiger partial charge on any atom is 0.251 e. The number of aryl methyl sites for hydroxylation is 1. The van der Waals surface area contributed by atoms with Crippen molar-refractivity contribution < 1.29 is 4.79 Å². The highest BCUT2D eigenvalue weighted by Gasteiger charge is 2.05. The zero-order chi connectivity index (χ0) is 12.1. The van der Waals surface area contributed by atoms with Crippen molar-refractivity contribution in [2.75, 3.05) is 12.3 Å². The van der Waals surface area contributed by atoms with Crippen molar-refractivity contribution in [1.82, 2.24) is 5.32 Å². The second kappa shape index (κ2) is 5.35. The summed E-state index contributed by atoms with van der Waals surface area (Å²) in [7, 11) is 0. The Bertz CT molecular complexity index is 398. The van der Waals surface area contributed by atoms with Crippen LogP contribution in [0.25, 0.3) is 0 Å². The molecule has 0 radical (unpaired) electrons. The van der Waals surface area contributed by atoms with Crippen LogP contribution in [-0.2, 0) is 0 Å². The fourth-order valence-corrected chi connectivity index (χ4v) is 1.39. The van der Waals surface area contributed by atoms with Gasteiger partial charge >= 0.3 is 0 Å². The summed E-state index contributed by atoms with van der Waals surface area (Å²) in [6, 6.07) is 5.35. The minimum atomic E-state index is -0.0899. The van der Waals surface area contributed by atoms with Gasteiger partial charge in [0.15, 0.2) is 0 Å². The number of rotatable bonds is 3. The van der Waals surface area contributed by atoms with Gasteiger partial charge in [-0.25, -0.2) is 0 Å². The van der Waals surface area contributed by atoms with Gasteiger partial charge in [-0.05, 0) is 44.5 Å². The van der Waals surface area contributed by atoms with Crippen molar-refractivity contribution in [3.63, 3.8) is 0 Å². The fraction of sp³-hybridized carbons (Fsp3) is 0.308. The lowest BCUT2D eigenvalue weighted by Gasteiger charge is -2.05. The van der Waals surface area contributed by atoms with Gasteiger partial charge in [0.05, 0.1) is 0 Å². The minimum Gasteiger partial charge on any atom is -0.399 e. The average Bonchev–Trinajstić information content (AvgIpc) is 2.15. The molecule has 1 amide bonds. The molecule has 3 heteroatoms. The number of hydrogen-bond acceptors (Lipinski definition) is 2. The monoisotopic (exact) mass is 218 g/mol. The third-order valence-electron chi connectivity index (χ3n) is 2.13. The highest BCUT2D eigenvalue weighted by molar-refractivity contribution is 5.95. The van der Waals surface area contributed by atoms with E-state index in [1.807, 2.05) is 39.0 Å². The summed E-state index contributed by atoms with van der Waals surface area (Å²) >= 11 is 0. The first-order valence-electron chi connectivity index (χ1n) is 5.28. The number of nitrogens with two attached hydrogens (primary N) is 1. The number of benzene rings is 1. The van der Waals surface area contributed by atoms with Gasteiger partial charge in [-0.15, -0.1) is 0 Å². The first-order valence-corrected chi connectivity index (χ1v) is 5.28. The Kier molecular flexibility index (Phi) is 4.11. The summed E-state index contributed by atoms with van der Waals surface area (Å²) in [5.74, 6) is -0.0899. The second-order valence-electron chi connectivity index (χ2n) is 4.12. The molecule has 0 spiro atoms. The first-order chi connectivity index (χ1) is 7.49. The quantitative estimate of drug-likeness (QED) is 0.604. The average molecular weight is 218 g/mol. The van der Waals surface area contributed by atoms with Crippen LogP contribution in [0.3, 0.4) is 0 Å². The number of allylic oxidation sites excluding steroid dienone is 1. The van der Waals surface area contributed by atoms with E-state index in [2.05, 4.69) is 5.32 Å². The van der Waals surface area contributed by atoms with Gasteiger partial charge in [-0.3, -0.25) is 4.79 Å². The Morgan fingerprint density at radius 3 is 2.62 bits per heavy atom. The van der Waals surface area contributed by atoms with Gasteiger partial charge in [0.1, 0.15) is 0 Å². The smallest absolute Gasteiger partial charge is 0.251 e. The van der Waals surface area contributed by atoms with Crippen LogP contribution in [0.1, 0.15) is 29.8 Å². The Morgan fingerprint density at radius 1 is 1.38 bits per heavy atom. The normalized spacial score (nSPS) is 9.69. The van der Waals surface area contributed by atoms with Gasteiger partial charge in [0.2, 0.25) is 0 Å². The standard InChI is InChI=1S/C13H18N2O/c1-9(2)4-5-15-13(16)11-6-10(3)7-12(14)8-11/h4,6-8H,5,14H2,1-3H3,(H,15,16). The molecule has 0 atom stereocenters.